The highest BCUT2D eigenvalue weighted by atomic mass is 16.5. The van der Waals surface area contributed by atoms with Crippen LogP contribution in [0.5, 0.6) is 0 Å². The normalized spacial score (nSPS) is 16.2. The standard InChI is InChI=1S/C14H16N2O2/c1-18-13(17)11-4-2-5-12(8-11)16-10-14(9-15)6-3-7-14/h2,4-5,8,16H,3,6-7,10H2,1H3. The molecule has 0 aromatic heterocycles. The highest BCUT2D eigenvalue weighted by Crippen LogP contribution is 2.40. The Hall–Kier alpha value is -2.02. The molecular weight excluding hydrogens is 228 g/mol. The minimum atomic E-state index is -0.350. The van der Waals surface area contributed by atoms with E-state index in [-0.39, 0.29) is 11.4 Å². The molecule has 0 bridgehead atoms. The summed E-state index contributed by atoms with van der Waals surface area (Å²) in [5.74, 6) is -0.350. The fourth-order valence-electron chi connectivity index (χ4n) is 2.08. The molecule has 4 nitrogen and oxygen atoms in total. The van der Waals surface area contributed by atoms with Gasteiger partial charge in [0.1, 0.15) is 0 Å². The van der Waals surface area contributed by atoms with Crippen LogP contribution in [0.2, 0.25) is 0 Å². The van der Waals surface area contributed by atoms with Gasteiger partial charge < -0.3 is 10.1 Å². The molecule has 0 radical (unpaired) electrons. The summed E-state index contributed by atoms with van der Waals surface area (Å²) >= 11 is 0. The van der Waals surface area contributed by atoms with Crippen LogP contribution in [0.4, 0.5) is 5.69 Å². The summed E-state index contributed by atoms with van der Waals surface area (Å²) < 4.78 is 4.67. The molecule has 0 saturated heterocycles. The summed E-state index contributed by atoms with van der Waals surface area (Å²) in [5, 5.41) is 12.4. The predicted molar refractivity (Wildman–Crippen MR) is 68.2 cm³/mol. The Bertz CT molecular complexity index is 487. The Morgan fingerprint density at radius 3 is 2.89 bits per heavy atom. The number of ether oxygens (including phenoxy) is 1. The zero-order valence-electron chi connectivity index (χ0n) is 10.4. The van der Waals surface area contributed by atoms with E-state index in [1.54, 1.807) is 18.2 Å². The molecular formula is C14H16N2O2. The lowest BCUT2D eigenvalue weighted by Gasteiger charge is -2.35. The van der Waals surface area contributed by atoms with Crippen LogP contribution in [-0.2, 0) is 4.74 Å². The first-order valence-electron chi connectivity index (χ1n) is 6.03. The van der Waals surface area contributed by atoms with Crippen molar-refractivity contribution >= 4 is 11.7 Å². The number of hydrogen-bond donors (Lipinski definition) is 1. The molecule has 2 rings (SSSR count). The van der Waals surface area contributed by atoms with E-state index in [2.05, 4.69) is 16.1 Å². The Morgan fingerprint density at radius 2 is 2.33 bits per heavy atom. The second kappa shape index (κ2) is 5.09. The minimum absolute atomic E-state index is 0.221. The molecule has 0 aliphatic heterocycles. The van der Waals surface area contributed by atoms with E-state index >= 15 is 0 Å². The van der Waals surface area contributed by atoms with Crippen molar-refractivity contribution in [3.63, 3.8) is 0 Å². The van der Waals surface area contributed by atoms with Crippen molar-refractivity contribution in [2.75, 3.05) is 19.0 Å². The number of anilines is 1. The lowest BCUT2D eigenvalue weighted by atomic mass is 9.70. The van der Waals surface area contributed by atoms with Crippen LogP contribution >= 0.6 is 0 Å². The van der Waals surface area contributed by atoms with E-state index < -0.39 is 0 Å². The third kappa shape index (κ3) is 2.45. The Labute approximate surface area is 107 Å². The van der Waals surface area contributed by atoms with Gasteiger partial charge in [0.15, 0.2) is 0 Å². The van der Waals surface area contributed by atoms with E-state index in [0.717, 1.165) is 24.9 Å². The molecule has 18 heavy (non-hydrogen) atoms. The molecule has 1 saturated carbocycles. The first kappa shape index (κ1) is 12.4. The maximum absolute atomic E-state index is 11.4. The highest BCUT2D eigenvalue weighted by Gasteiger charge is 2.36. The van der Waals surface area contributed by atoms with Crippen LogP contribution in [0.1, 0.15) is 29.6 Å². The second-order valence-corrected chi connectivity index (χ2v) is 4.67. The molecule has 0 unspecified atom stereocenters. The smallest absolute Gasteiger partial charge is 0.337 e. The molecule has 1 N–H and O–H groups in total. The lowest BCUT2D eigenvalue weighted by molar-refractivity contribution is 0.0601. The summed E-state index contributed by atoms with van der Waals surface area (Å²) in [6.45, 7) is 0.633. The van der Waals surface area contributed by atoms with Crippen molar-refractivity contribution in [3.8, 4) is 6.07 Å². The molecule has 4 heteroatoms. The van der Waals surface area contributed by atoms with Gasteiger partial charge in [-0.05, 0) is 31.0 Å². The Kier molecular flexibility index (Phi) is 3.52. The minimum Gasteiger partial charge on any atom is -0.465 e. The molecule has 0 atom stereocenters. The Morgan fingerprint density at radius 1 is 1.56 bits per heavy atom. The van der Waals surface area contributed by atoms with Crippen LogP contribution in [0.15, 0.2) is 24.3 Å². The Balaban J connectivity index is 2.02. The number of rotatable bonds is 4. The molecule has 1 aromatic carbocycles. The molecule has 0 heterocycles. The van der Waals surface area contributed by atoms with Gasteiger partial charge >= 0.3 is 5.97 Å². The third-order valence-electron chi connectivity index (χ3n) is 3.46. The van der Waals surface area contributed by atoms with Gasteiger partial charge in [-0.25, -0.2) is 4.79 Å². The maximum Gasteiger partial charge on any atom is 0.337 e. The largest absolute Gasteiger partial charge is 0.465 e. The topological polar surface area (TPSA) is 62.1 Å². The van der Waals surface area contributed by atoms with Crippen LogP contribution in [0, 0.1) is 16.7 Å². The zero-order valence-corrected chi connectivity index (χ0v) is 10.4. The summed E-state index contributed by atoms with van der Waals surface area (Å²) in [7, 11) is 1.36. The zero-order chi connectivity index (χ0) is 13.0. The molecule has 1 aromatic rings. The van der Waals surface area contributed by atoms with Gasteiger partial charge in [0.05, 0.1) is 24.2 Å². The van der Waals surface area contributed by atoms with E-state index in [4.69, 9.17) is 5.26 Å². The van der Waals surface area contributed by atoms with Crippen molar-refractivity contribution in [1.82, 2.24) is 0 Å². The number of carbonyl (C=O) groups is 1. The molecule has 1 aliphatic rings. The second-order valence-electron chi connectivity index (χ2n) is 4.67. The van der Waals surface area contributed by atoms with Crippen LogP contribution in [0.25, 0.3) is 0 Å². The highest BCUT2D eigenvalue weighted by molar-refractivity contribution is 5.90. The molecule has 0 spiro atoms. The molecule has 0 amide bonds. The molecule has 1 aliphatic carbocycles. The van der Waals surface area contributed by atoms with Gasteiger partial charge in [-0.2, -0.15) is 5.26 Å². The number of methoxy groups -OCH3 is 1. The fraction of sp³-hybridized carbons (Fsp3) is 0.429. The number of esters is 1. The van der Waals surface area contributed by atoms with Gasteiger partial charge in [-0.1, -0.05) is 12.5 Å². The van der Waals surface area contributed by atoms with Gasteiger partial charge in [0.2, 0.25) is 0 Å². The van der Waals surface area contributed by atoms with Crippen molar-refractivity contribution in [2.45, 2.75) is 19.3 Å². The van der Waals surface area contributed by atoms with E-state index in [9.17, 15) is 4.79 Å². The van der Waals surface area contributed by atoms with Gasteiger partial charge in [0, 0.05) is 12.2 Å². The number of nitrogens with zero attached hydrogens (tertiary/aromatic N) is 1. The van der Waals surface area contributed by atoms with E-state index in [0.29, 0.717) is 12.1 Å². The first-order chi connectivity index (χ1) is 8.69. The molecule has 1 fully saturated rings. The SMILES string of the molecule is COC(=O)c1cccc(NCC2(C#N)CCC2)c1. The van der Waals surface area contributed by atoms with Crippen molar-refractivity contribution in [1.29, 1.82) is 5.26 Å². The van der Waals surface area contributed by atoms with E-state index in [1.807, 2.05) is 6.07 Å². The number of nitrogens with one attached hydrogen (secondary N) is 1. The van der Waals surface area contributed by atoms with Gasteiger partial charge in [-0.15, -0.1) is 0 Å². The summed E-state index contributed by atoms with van der Waals surface area (Å²) in [6, 6.07) is 9.52. The number of nitriles is 1. The molecule has 94 valence electrons. The average molecular weight is 244 g/mol. The third-order valence-corrected chi connectivity index (χ3v) is 3.46. The average Bonchev–Trinajstić information content (AvgIpc) is 2.37. The predicted octanol–water partition coefficient (Wildman–Crippen LogP) is 2.58. The number of hydrogen-bond acceptors (Lipinski definition) is 4. The fourth-order valence-corrected chi connectivity index (χ4v) is 2.08. The van der Waals surface area contributed by atoms with Crippen LogP contribution in [-0.4, -0.2) is 19.6 Å². The van der Waals surface area contributed by atoms with Gasteiger partial charge in [-0.3, -0.25) is 0 Å². The summed E-state index contributed by atoms with van der Waals surface area (Å²) in [5.41, 5.74) is 1.14. The van der Waals surface area contributed by atoms with Crippen LogP contribution in [0.3, 0.4) is 0 Å². The summed E-state index contributed by atoms with van der Waals surface area (Å²) in [6.07, 6.45) is 3.03. The summed E-state index contributed by atoms with van der Waals surface area (Å²) in [4.78, 5) is 11.4. The monoisotopic (exact) mass is 244 g/mol. The van der Waals surface area contributed by atoms with Crippen molar-refractivity contribution in [3.05, 3.63) is 29.8 Å². The first-order valence-corrected chi connectivity index (χ1v) is 6.03. The van der Waals surface area contributed by atoms with Crippen molar-refractivity contribution < 1.29 is 9.53 Å². The quantitative estimate of drug-likeness (QED) is 0.827. The number of carbonyl (C=O) groups excluding carboxylic acids is 1. The van der Waals surface area contributed by atoms with Gasteiger partial charge in [0.25, 0.3) is 0 Å². The van der Waals surface area contributed by atoms with Crippen LogP contribution < -0.4 is 5.32 Å². The van der Waals surface area contributed by atoms with Crippen molar-refractivity contribution in [2.24, 2.45) is 5.41 Å². The lowest BCUT2D eigenvalue weighted by Crippen LogP contribution is -2.35. The number of benzene rings is 1. The van der Waals surface area contributed by atoms with E-state index in [1.165, 1.54) is 7.11 Å². The maximum atomic E-state index is 11.4.